The van der Waals surface area contributed by atoms with Crippen LogP contribution in [-0.4, -0.2) is 11.1 Å². The van der Waals surface area contributed by atoms with E-state index in [1.165, 1.54) is 5.56 Å². The number of aryl methyl sites for hydroxylation is 1. The molecule has 0 amide bonds. The maximum Gasteiger partial charge on any atom is 0.336 e. The van der Waals surface area contributed by atoms with Crippen molar-refractivity contribution in [1.82, 2.24) is 0 Å². The summed E-state index contributed by atoms with van der Waals surface area (Å²) in [5.41, 5.74) is 1.68. The van der Waals surface area contributed by atoms with Crippen molar-refractivity contribution in [2.24, 2.45) is 0 Å². The predicted molar refractivity (Wildman–Crippen MR) is 82.1 cm³/mol. The Bertz CT molecular complexity index is 697. The van der Waals surface area contributed by atoms with Crippen LogP contribution in [0.25, 0.3) is 10.8 Å². The highest BCUT2D eigenvalue weighted by Crippen LogP contribution is 2.17. The van der Waals surface area contributed by atoms with Crippen LogP contribution in [0, 0.1) is 6.92 Å². The molecule has 20 heavy (non-hydrogen) atoms. The molecule has 0 radical (unpaired) electrons. The highest BCUT2D eigenvalue weighted by atomic mass is 16.4. The number of fused-ring (bicyclic) bond motifs is 1. The molecular weight excluding hydrogens is 248 g/mol. The smallest absolute Gasteiger partial charge is 0.336 e. The third-order valence-corrected chi connectivity index (χ3v) is 2.96. The first kappa shape index (κ1) is 13.8. The maximum atomic E-state index is 10.8. The highest BCUT2D eigenvalue weighted by Gasteiger charge is 2.05. The quantitative estimate of drug-likeness (QED) is 0.701. The summed E-state index contributed by atoms with van der Waals surface area (Å²) < 4.78 is 0. The first-order valence-electron chi connectivity index (χ1n) is 6.41. The van der Waals surface area contributed by atoms with Gasteiger partial charge in [-0.15, -0.1) is 0 Å². The zero-order valence-electron chi connectivity index (χ0n) is 11.3. The molecular formula is C18H16O2. The Balaban J connectivity index is 0.000000178. The molecule has 0 heterocycles. The lowest BCUT2D eigenvalue weighted by atomic mass is 10.1. The third-order valence-electron chi connectivity index (χ3n) is 2.96. The second-order valence-corrected chi connectivity index (χ2v) is 4.49. The van der Waals surface area contributed by atoms with Gasteiger partial charge in [0.05, 0.1) is 5.56 Å². The summed E-state index contributed by atoms with van der Waals surface area (Å²) >= 11 is 0. The van der Waals surface area contributed by atoms with Crippen molar-refractivity contribution in [2.45, 2.75) is 6.92 Å². The van der Waals surface area contributed by atoms with Gasteiger partial charge in [0.1, 0.15) is 0 Å². The van der Waals surface area contributed by atoms with E-state index in [0.717, 1.165) is 10.8 Å². The number of carboxylic acids is 1. The van der Waals surface area contributed by atoms with Crippen LogP contribution in [0.2, 0.25) is 0 Å². The molecule has 3 rings (SSSR count). The number of benzene rings is 3. The van der Waals surface area contributed by atoms with Gasteiger partial charge in [-0.2, -0.15) is 0 Å². The minimum absolute atomic E-state index is 0.359. The van der Waals surface area contributed by atoms with Gasteiger partial charge in [0.15, 0.2) is 0 Å². The Morgan fingerprint density at radius 3 is 2.00 bits per heavy atom. The van der Waals surface area contributed by atoms with Gasteiger partial charge in [0.25, 0.3) is 0 Å². The van der Waals surface area contributed by atoms with Gasteiger partial charge in [0.2, 0.25) is 0 Å². The van der Waals surface area contributed by atoms with Crippen molar-refractivity contribution in [3.8, 4) is 0 Å². The Kier molecular flexibility index (Phi) is 4.51. The van der Waals surface area contributed by atoms with E-state index in [-0.39, 0.29) is 0 Å². The molecule has 0 spiro atoms. The average Bonchev–Trinajstić information content (AvgIpc) is 2.48. The standard InChI is InChI=1S/C11H8O2.C7H8/c12-11(13)10-7-3-5-8-4-1-2-6-9(8)10;1-7-5-3-2-4-6-7/h1-7H,(H,12,13);2-6H,1H3. The molecule has 0 aliphatic carbocycles. The van der Waals surface area contributed by atoms with Crippen LogP contribution in [0.1, 0.15) is 15.9 Å². The van der Waals surface area contributed by atoms with E-state index in [1.54, 1.807) is 12.1 Å². The van der Waals surface area contributed by atoms with Gasteiger partial charge in [-0.05, 0) is 23.8 Å². The van der Waals surface area contributed by atoms with E-state index < -0.39 is 5.97 Å². The van der Waals surface area contributed by atoms with Gasteiger partial charge in [-0.1, -0.05) is 72.3 Å². The van der Waals surface area contributed by atoms with Crippen LogP contribution >= 0.6 is 0 Å². The Hall–Kier alpha value is -2.61. The fraction of sp³-hybridized carbons (Fsp3) is 0.0556. The van der Waals surface area contributed by atoms with Crippen LogP contribution in [-0.2, 0) is 0 Å². The van der Waals surface area contributed by atoms with Crippen molar-refractivity contribution < 1.29 is 9.90 Å². The Labute approximate surface area is 118 Å². The van der Waals surface area contributed by atoms with Crippen LogP contribution in [0.4, 0.5) is 0 Å². The number of rotatable bonds is 1. The molecule has 3 aromatic rings. The fourth-order valence-electron chi connectivity index (χ4n) is 1.95. The van der Waals surface area contributed by atoms with Gasteiger partial charge in [0, 0.05) is 0 Å². The van der Waals surface area contributed by atoms with E-state index in [9.17, 15) is 4.79 Å². The van der Waals surface area contributed by atoms with Crippen LogP contribution in [0.15, 0.2) is 72.8 Å². The first-order chi connectivity index (χ1) is 9.68. The van der Waals surface area contributed by atoms with Crippen LogP contribution in [0.3, 0.4) is 0 Å². The molecule has 0 unspecified atom stereocenters. The second kappa shape index (κ2) is 6.53. The van der Waals surface area contributed by atoms with Crippen molar-refractivity contribution in [3.63, 3.8) is 0 Å². The Morgan fingerprint density at radius 1 is 0.800 bits per heavy atom. The number of carbonyl (C=O) groups is 1. The van der Waals surface area contributed by atoms with E-state index in [4.69, 9.17) is 5.11 Å². The topological polar surface area (TPSA) is 37.3 Å². The normalized spacial score (nSPS) is 9.65. The van der Waals surface area contributed by atoms with Crippen LogP contribution in [0.5, 0.6) is 0 Å². The van der Waals surface area contributed by atoms with E-state index in [2.05, 4.69) is 19.1 Å². The maximum absolute atomic E-state index is 10.8. The van der Waals surface area contributed by atoms with Crippen molar-refractivity contribution in [3.05, 3.63) is 83.9 Å². The van der Waals surface area contributed by atoms with E-state index >= 15 is 0 Å². The first-order valence-corrected chi connectivity index (χ1v) is 6.41. The van der Waals surface area contributed by atoms with Gasteiger partial charge in [-0.25, -0.2) is 4.79 Å². The molecule has 3 aromatic carbocycles. The fourth-order valence-corrected chi connectivity index (χ4v) is 1.95. The lowest BCUT2D eigenvalue weighted by molar-refractivity contribution is 0.0699. The van der Waals surface area contributed by atoms with Gasteiger partial charge in [-0.3, -0.25) is 0 Å². The minimum atomic E-state index is -0.878. The van der Waals surface area contributed by atoms with Gasteiger partial charge < -0.3 is 5.11 Å². The molecule has 0 aliphatic rings. The number of aromatic carboxylic acids is 1. The highest BCUT2D eigenvalue weighted by molar-refractivity contribution is 6.03. The summed E-state index contributed by atoms with van der Waals surface area (Å²) in [4.78, 5) is 10.8. The molecule has 0 saturated heterocycles. The minimum Gasteiger partial charge on any atom is -0.478 e. The monoisotopic (exact) mass is 264 g/mol. The third kappa shape index (κ3) is 3.45. The molecule has 100 valence electrons. The zero-order chi connectivity index (χ0) is 14.4. The molecule has 2 nitrogen and oxygen atoms in total. The largest absolute Gasteiger partial charge is 0.478 e. The van der Waals surface area contributed by atoms with Crippen molar-refractivity contribution >= 4 is 16.7 Å². The summed E-state index contributed by atoms with van der Waals surface area (Å²) in [5, 5.41) is 10.6. The number of hydrogen-bond acceptors (Lipinski definition) is 1. The summed E-state index contributed by atoms with van der Waals surface area (Å²) in [5.74, 6) is -0.878. The summed E-state index contributed by atoms with van der Waals surface area (Å²) in [6, 6.07) is 23.0. The molecule has 0 atom stereocenters. The van der Waals surface area contributed by atoms with Crippen molar-refractivity contribution in [2.75, 3.05) is 0 Å². The summed E-state index contributed by atoms with van der Waals surface area (Å²) in [6.07, 6.45) is 0. The summed E-state index contributed by atoms with van der Waals surface area (Å²) in [6.45, 7) is 2.08. The van der Waals surface area contributed by atoms with E-state index in [1.807, 2.05) is 48.5 Å². The second-order valence-electron chi connectivity index (χ2n) is 4.49. The lowest BCUT2D eigenvalue weighted by Crippen LogP contribution is -1.96. The predicted octanol–water partition coefficient (Wildman–Crippen LogP) is 4.53. The number of carboxylic acid groups (broad SMARTS) is 1. The number of hydrogen-bond donors (Lipinski definition) is 1. The SMILES string of the molecule is Cc1ccccc1.O=C(O)c1cccc2ccccc12. The van der Waals surface area contributed by atoms with E-state index in [0.29, 0.717) is 5.56 Å². The zero-order valence-corrected chi connectivity index (χ0v) is 11.3. The Morgan fingerprint density at radius 2 is 1.40 bits per heavy atom. The molecule has 0 aromatic heterocycles. The molecule has 0 aliphatic heterocycles. The average molecular weight is 264 g/mol. The molecule has 2 heteroatoms. The molecule has 1 N–H and O–H groups in total. The van der Waals surface area contributed by atoms with Crippen molar-refractivity contribution in [1.29, 1.82) is 0 Å². The lowest BCUT2D eigenvalue weighted by Gasteiger charge is -2.00. The summed E-state index contributed by atoms with van der Waals surface area (Å²) in [7, 11) is 0. The van der Waals surface area contributed by atoms with Crippen LogP contribution < -0.4 is 0 Å². The molecule has 0 fully saturated rings. The van der Waals surface area contributed by atoms with Gasteiger partial charge >= 0.3 is 5.97 Å². The molecule has 0 saturated carbocycles. The molecule has 0 bridgehead atoms.